The maximum absolute atomic E-state index is 12.7. The zero-order valence-corrected chi connectivity index (χ0v) is 16.5. The number of nitrogens with one attached hydrogen (secondary N) is 3. The molecule has 1 fully saturated rings. The summed E-state index contributed by atoms with van der Waals surface area (Å²) in [5, 5.41) is 12.3. The number of hydrogen-bond donors (Lipinski definition) is 5. The summed E-state index contributed by atoms with van der Waals surface area (Å²) in [6.45, 7) is 1.10. The van der Waals surface area contributed by atoms with Crippen LogP contribution in [0.15, 0.2) is 30.3 Å². The minimum absolute atomic E-state index is 0.114. The highest BCUT2D eigenvalue weighted by atomic mass is 16.2. The third-order valence-corrected chi connectivity index (χ3v) is 5.05. The number of aldehydes is 1. The molecule has 2 rings (SSSR count). The van der Waals surface area contributed by atoms with Crippen LogP contribution in [0.5, 0.6) is 0 Å². The van der Waals surface area contributed by atoms with Crippen molar-refractivity contribution in [3.63, 3.8) is 0 Å². The average molecular weight is 402 g/mol. The Morgan fingerprint density at radius 1 is 1.31 bits per heavy atom. The first-order valence-electron chi connectivity index (χ1n) is 9.85. The molecule has 1 aromatic rings. The van der Waals surface area contributed by atoms with Crippen LogP contribution in [0.3, 0.4) is 0 Å². The van der Waals surface area contributed by atoms with Crippen LogP contribution in [0.2, 0.25) is 0 Å². The van der Waals surface area contributed by atoms with Gasteiger partial charge in [0.05, 0.1) is 18.1 Å². The van der Waals surface area contributed by atoms with E-state index in [-0.39, 0.29) is 5.96 Å². The molecule has 0 unspecified atom stereocenters. The smallest absolute Gasteiger partial charge is 0.243 e. The summed E-state index contributed by atoms with van der Waals surface area (Å²) in [6.07, 6.45) is 3.71. The second-order valence-corrected chi connectivity index (χ2v) is 7.23. The summed E-state index contributed by atoms with van der Waals surface area (Å²) in [5.41, 5.74) is 12.1. The van der Waals surface area contributed by atoms with Gasteiger partial charge in [0.15, 0.2) is 5.96 Å². The van der Waals surface area contributed by atoms with Crippen LogP contribution in [-0.2, 0) is 20.8 Å². The second-order valence-electron chi connectivity index (χ2n) is 7.23. The largest absolute Gasteiger partial charge is 0.370 e. The first-order valence-corrected chi connectivity index (χ1v) is 9.85. The Bertz CT molecular complexity index is 711. The van der Waals surface area contributed by atoms with Gasteiger partial charge in [-0.2, -0.15) is 0 Å². The Balaban J connectivity index is 1.88. The molecule has 0 radical (unpaired) electrons. The van der Waals surface area contributed by atoms with Crippen LogP contribution in [0.4, 0.5) is 0 Å². The van der Waals surface area contributed by atoms with Crippen LogP contribution in [-0.4, -0.2) is 60.2 Å². The molecule has 9 heteroatoms. The highest BCUT2D eigenvalue weighted by Crippen LogP contribution is 2.22. The normalized spacial score (nSPS) is 18.6. The van der Waals surface area contributed by atoms with Crippen molar-refractivity contribution in [2.45, 2.75) is 50.2 Å². The molecule has 0 bridgehead atoms. The van der Waals surface area contributed by atoms with E-state index in [9.17, 15) is 14.4 Å². The van der Waals surface area contributed by atoms with Crippen LogP contribution in [0.25, 0.3) is 0 Å². The van der Waals surface area contributed by atoms with E-state index in [2.05, 4.69) is 10.6 Å². The zero-order valence-electron chi connectivity index (χ0n) is 16.5. The Kier molecular flexibility index (Phi) is 8.75. The van der Waals surface area contributed by atoms with Crippen LogP contribution < -0.4 is 22.1 Å². The first-order chi connectivity index (χ1) is 13.9. The maximum atomic E-state index is 12.7. The third-order valence-electron chi connectivity index (χ3n) is 5.05. The number of carbonyl (C=O) groups excluding carboxylic acids is 3. The van der Waals surface area contributed by atoms with E-state index in [1.807, 2.05) is 35.2 Å². The summed E-state index contributed by atoms with van der Waals surface area (Å²) in [4.78, 5) is 38.4. The standard InChI is InChI=1S/C20H30N6O3/c21-16(12-14-6-2-1-3-7-14)18(28)25-19(29)17-9-5-11-26(17)15(13-27)8-4-10-24-20(22)23/h1-3,6-7,13,15-17H,4-5,8-12,21H2,(H4,22,23,24)(H,25,28,29)/t15-,16-,17-/m0/s1. The van der Waals surface area contributed by atoms with E-state index in [0.717, 1.165) is 18.3 Å². The van der Waals surface area contributed by atoms with Gasteiger partial charge in [0.2, 0.25) is 11.8 Å². The molecule has 1 aliphatic rings. The molecular weight excluding hydrogens is 372 g/mol. The van der Waals surface area contributed by atoms with Crippen molar-refractivity contribution in [3.8, 4) is 0 Å². The van der Waals surface area contributed by atoms with E-state index < -0.39 is 29.9 Å². The van der Waals surface area contributed by atoms with Crippen molar-refractivity contribution in [2.75, 3.05) is 13.1 Å². The molecule has 1 aliphatic heterocycles. The molecule has 29 heavy (non-hydrogen) atoms. The molecule has 1 saturated heterocycles. The van der Waals surface area contributed by atoms with E-state index >= 15 is 0 Å². The number of rotatable bonds is 10. The Hall–Kier alpha value is -2.78. The molecule has 7 N–H and O–H groups in total. The summed E-state index contributed by atoms with van der Waals surface area (Å²) in [6, 6.07) is 7.60. The van der Waals surface area contributed by atoms with Gasteiger partial charge in [-0.05, 0) is 44.2 Å². The predicted molar refractivity (Wildman–Crippen MR) is 110 cm³/mol. The number of nitrogens with two attached hydrogens (primary N) is 2. The van der Waals surface area contributed by atoms with Gasteiger partial charge in [0, 0.05) is 6.54 Å². The second kappa shape index (κ2) is 11.3. The minimum Gasteiger partial charge on any atom is -0.370 e. The highest BCUT2D eigenvalue weighted by molar-refractivity contribution is 6.00. The lowest BCUT2D eigenvalue weighted by molar-refractivity contribution is -0.134. The minimum atomic E-state index is -0.823. The van der Waals surface area contributed by atoms with Crippen molar-refractivity contribution in [3.05, 3.63) is 35.9 Å². The monoisotopic (exact) mass is 402 g/mol. The lowest BCUT2D eigenvalue weighted by Crippen LogP contribution is -2.53. The van der Waals surface area contributed by atoms with Crippen LogP contribution in [0, 0.1) is 5.41 Å². The molecule has 1 heterocycles. The fourth-order valence-corrected chi connectivity index (χ4v) is 3.57. The van der Waals surface area contributed by atoms with E-state index in [4.69, 9.17) is 16.9 Å². The van der Waals surface area contributed by atoms with Gasteiger partial charge in [-0.1, -0.05) is 30.3 Å². The Labute approximate surface area is 170 Å². The van der Waals surface area contributed by atoms with E-state index in [1.165, 1.54) is 0 Å². The summed E-state index contributed by atoms with van der Waals surface area (Å²) < 4.78 is 0. The van der Waals surface area contributed by atoms with Crippen molar-refractivity contribution in [1.29, 1.82) is 5.41 Å². The number of guanidine groups is 1. The quantitative estimate of drug-likeness (QED) is 0.153. The van der Waals surface area contributed by atoms with Gasteiger partial charge in [-0.25, -0.2) is 0 Å². The van der Waals surface area contributed by atoms with Gasteiger partial charge in [0.25, 0.3) is 0 Å². The molecular formula is C20H30N6O3. The SMILES string of the molecule is N=C(N)NCCC[C@@H](C=O)N1CCC[C@H]1C(=O)NC(=O)[C@@H](N)Cc1ccccc1. The third kappa shape index (κ3) is 6.95. The number of benzene rings is 1. The topological polar surface area (TPSA) is 154 Å². The number of carbonyl (C=O) groups is 3. The van der Waals surface area contributed by atoms with Gasteiger partial charge < -0.3 is 21.6 Å². The molecule has 2 amide bonds. The van der Waals surface area contributed by atoms with Crippen molar-refractivity contribution in [2.24, 2.45) is 11.5 Å². The summed E-state index contributed by atoms with van der Waals surface area (Å²) >= 11 is 0. The summed E-state index contributed by atoms with van der Waals surface area (Å²) in [5.74, 6) is -1.04. The molecule has 158 valence electrons. The number of amides is 2. The molecule has 0 aromatic heterocycles. The zero-order chi connectivity index (χ0) is 21.2. The van der Waals surface area contributed by atoms with Crippen LogP contribution in [0.1, 0.15) is 31.2 Å². The fourth-order valence-electron chi connectivity index (χ4n) is 3.57. The van der Waals surface area contributed by atoms with Gasteiger partial charge in [-0.15, -0.1) is 0 Å². The van der Waals surface area contributed by atoms with Gasteiger partial charge in [0.1, 0.15) is 6.29 Å². The Morgan fingerprint density at radius 3 is 2.69 bits per heavy atom. The molecule has 0 aliphatic carbocycles. The maximum Gasteiger partial charge on any atom is 0.243 e. The first kappa shape index (κ1) is 22.5. The van der Waals surface area contributed by atoms with Crippen molar-refractivity contribution < 1.29 is 14.4 Å². The number of nitrogens with zero attached hydrogens (tertiary/aromatic N) is 1. The van der Waals surface area contributed by atoms with E-state index in [1.54, 1.807) is 0 Å². The summed E-state index contributed by atoms with van der Waals surface area (Å²) in [7, 11) is 0. The molecule has 3 atom stereocenters. The molecule has 1 aromatic carbocycles. The average Bonchev–Trinajstić information content (AvgIpc) is 3.18. The van der Waals surface area contributed by atoms with Crippen molar-refractivity contribution >= 4 is 24.1 Å². The number of likely N-dealkylation sites (tertiary alicyclic amines) is 1. The molecule has 9 nitrogen and oxygen atoms in total. The lowest BCUT2D eigenvalue weighted by Gasteiger charge is -2.29. The number of hydrogen-bond acceptors (Lipinski definition) is 6. The fraction of sp³-hybridized carbons (Fsp3) is 0.500. The van der Waals surface area contributed by atoms with E-state index in [0.29, 0.717) is 38.8 Å². The van der Waals surface area contributed by atoms with Gasteiger partial charge >= 0.3 is 0 Å². The van der Waals surface area contributed by atoms with Crippen LogP contribution >= 0.6 is 0 Å². The molecule has 0 saturated carbocycles. The Morgan fingerprint density at radius 2 is 2.03 bits per heavy atom. The molecule has 0 spiro atoms. The predicted octanol–water partition coefficient (Wildman–Crippen LogP) is -0.506. The lowest BCUT2D eigenvalue weighted by atomic mass is 10.1. The number of imide groups is 1. The van der Waals surface area contributed by atoms with Crippen molar-refractivity contribution in [1.82, 2.24) is 15.5 Å². The van der Waals surface area contributed by atoms with Gasteiger partial charge in [-0.3, -0.25) is 25.2 Å². The highest BCUT2D eigenvalue weighted by Gasteiger charge is 2.36.